The number of para-hydroxylation sites is 3. The summed E-state index contributed by atoms with van der Waals surface area (Å²) in [6, 6.07) is 35.2. The van der Waals surface area contributed by atoms with Crippen LogP contribution in [0.1, 0.15) is 48.4 Å². The molecule has 2 atom stereocenters. The fourth-order valence-corrected chi connectivity index (χ4v) is 5.79. The van der Waals surface area contributed by atoms with Crippen LogP contribution in [0.15, 0.2) is 120 Å². The van der Waals surface area contributed by atoms with Gasteiger partial charge >= 0.3 is 0 Å². The van der Waals surface area contributed by atoms with Crippen molar-refractivity contribution in [1.29, 1.82) is 0 Å². The third-order valence-corrected chi connectivity index (χ3v) is 7.54. The summed E-state index contributed by atoms with van der Waals surface area (Å²) in [5.74, 6) is 0.673. The molecule has 1 amide bonds. The molecule has 4 aromatic rings. The number of nitrogens with zero attached hydrogens (tertiary/aromatic N) is 1. The Morgan fingerprint density at radius 2 is 1.51 bits per heavy atom. The Hall–Kier alpha value is -4.64. The van der Waals surface area contributed by atoms with Gasteiger partial charge in [0.1, 0.15) is 12.4 Å². The Bertz CT molecular complexity index is 1550. The minimum atomic E-state index is -0.507. The van der Waals surface area contributed by atoms with Crippen LogP contribution in [0, 0.1) is 0 Å². The lowest BCUT2D eigenvalue weighted by Gasteiger charge is -2.34. The zero-order chi connectivity index (χ0) is 26.8. The van der Waals surface area contributed by atoms with E-state index in [0.29, 0.717) is 25.0 Å². The number of benzene rings is 4. The third-order valence-electron chi connectivity index (χ3n) is 7.54. The van der Waals surface area contributed by atoms with Crippen molar-refractivity contribution in [3.8, 4) is 5.75 Å². The lowest BCUT2D eigenvalue weighted by Crippen LogP contribution is -2.37. The van der Waals surface area contributed by atoms with Crippen molar-refractivity contribution in [1.82, 2.24) is 0 Å². The van der Waals surface area contributed by atoms with Crippen LogP contribution in [0.5, 0.6) is 5.75 Å². The normalized spacial score (nSPS) is 18.5. The van der Waals surface area contributed by atoms with E-state index in [1.807, 2.05) is 103 Å². The summed E-state index contributed by atoms with van der Waals surface area (Å²) in [5, 5.41) is 3.58. The van der Waals surface area contributed by atoms with Gasteiger partial charge in [-0.3, -0.25) is 14.5 Å². The molecule has 1 aliphatic heterocycles. The maximum absolute atomic E-state index is 14.1. The van der Waals surface area contributed by atoms with E-state index >= 15 is 0 Å². The average molecular weight is 515 g/mol. The van der Waals surface area contributed by atoms with Crippen molar-refractivity contribution < 1.29 is 14.3 Å². The zero-order valence-corrected chi connectivity index (χ0v) is 21.8. The number of carbonyl (C=O) groups is 2. The number of Topliss-reactive ketones (excluding diaryl/α,β-unsaturated/α-hetero) is 1. The van der Waals surface area contributed by atoms with Gasteiger partial charge in [-0.15, -0.1) is 0 Å². The Balaban J connectivity index is 1.41. The van der Waals surface area contributed by atoms with Gasteiger partial charge in [-0.1, -0.05) is 91.0 Å². The molecular weight excluding hydrogens is 484 g/mol. The summed E-state index contributed by atoms with van der Waals surface area (Å²) in [7, 11) is 0. The maximum Gasteiger partial charge on any atom is 0.224 e. The van der Waals surface area contributed by atoms with Gasteiger partial charge in [-0.2, -0.15) is 0 Å². The van der Waals surface area contributed by atoms with Gasteiger partial charge in [0, 0.05) is 30.5 Å². The number of amides is 1. The van der Waals surface area contributed by atoms with E-state index < -0.39 is 6.04 Å². The van der Waals surface area contributed by atoms with E-state index in [1.54, 1.807) is 11.8 Å². The first-order valence-electron chi connectivity index (χ1n) is 13.3. The van der Waals surface area contributed by atoms with Gasteiger partial charge in [0.05, 0.1) is 17.4 Å². The van der Waals surface area contributed by atoms with Crippen LogP contribution in [-0.4, -0.2) is 11.7 Å². The standard InChI is InChI=1S/C34H30N2O3/c1-23(37)36-30-18-10-9-17-28(30)35-29-20-26(21-31(38)33(29)34(36)25-14-6-3-7-15-25)27-16-8-11-19-32(27)39-22-24-12-4-2-5-13-24/h2-19,26,34-35H,20-22H2,1H3/t26-,34-/m1/s1. The van der Waals surface area contributed by atoms with Crippen molar-refractivity contribution in [3.63, 3.8) is 0 Å². The molecule has 5 nitrogen and oxygen atoms in total. The van der Waals surface area contributed by atoms with Crippen LogP contribution in [0.2, 0.25) is 0 Å². The van der Waals surface area contributed by atoms with Crippen LogP contribution < -0.4 is 15.0 Å². The number of allylic oxidation sites excluding steroid dienone is 1. The molecule has 1 aliphatic carbocycles. The number of hydrogen-bond acceptors (Lipinski definition) is 4. The topological polar surface area (TPSA) is 58.6 Å². The molecule has 1 heterocycles. The van der Waals surface area contributed by atoms with Gasteiger partial charge in [-0.05, 0) is 41.3 Å². The van der Waals surface area contributed by atoms with E-state index in [0.717, 1.165) is 39.5 Å². The largest absolute Gasteiger partial charge is 0.489 e. The molecule has 0 saturated carbocycles. The number of fused-ring (bicyclic) bond motifs is 1. The van der Waals surface area contributed by atoms with Gasteiger partial charge in [0.2, 0.25) is 5.91 Å². The monoisotopic (exact) mass is 514 g/mol. The van der Waals surface area contributed by atoms with E-state index in [-0.39, 0.29) is 17.6 Å². The van der Waals surface area contributed by atoms with Crippen LogP contribution in [0.25, 0.3) is 0 Å². The van der Waals surface area contributed by atoms with Gasteiger partial charge in [-0.25, -0.2) is 0 Å². The first-order chi connectivity index (χ1) is 19.1. The molecule has 4 aromatic carbocycles. The number of anilines is 2. The summed E-state index contributed by atoms with van der Waals surface area (Å²) in [4.78, 5) is 29.0. The Kier molecular flexibility index (Phi) is 6.72. The Labute approximate surface area is 228 Å². The van der Waals surface area contributed by atoms with E-state index in [4.69, 9.17) is 4.74 Å². The number of rotatable bonds is 5. The maximum atomic E-state index is 14.1. The van der Waals surface area contributed by atoms with Crippen molar-refractivity contribution in [2.75, 3.05) is 10.2 Å². The molecule has 39 heavy (non-hydrogen) atoms. The van der Waals surface area contributed by atoms with Crippen LogP contribution >= 0.6 is 0 Å². The molecule has 0 bridgehead atoms. The minimum Gasteiger partial charge on any atom is -0.489 e. The highest BCUT2D eigenvalue weighted by molar-refractivity contribution is 6.06. The second kappa shape index (κ2) is 10.6. The van der Waals surface area contributed by atoms with Gasteiger partial charge in [0.25, 0.3) is 0 Å². The molecule has 0 aromatic heterocycles. The van der Waals surface area contributed by atoms with E-state index in [9.17, 15) is 9.59 Å². The molecule has 0 saturated heterocycles. The number of nitrogens with one attached hydrogen (secondary N) is 1. The lowest BCUT2D eigenvalue weighted by molar-refractivity contribution is -0.117. The van der Waals surface area contributed by atoms with Crippen molar-refractivity contribution in [2.24, 2.45) is 0 Å². The van der Waals surface area contributed by atoms with Crippen molar-refractivity contribution in [3.05, 3.63) is 137 Å². The first kappa shape index (κ1) is 24.7. The third kappa shape index (κ3) is 4.84. The first-order valence-corrected chi connectivity index (χ1v) is 13.3. The molecule has 194 valence electrons. The summed E-state index contributed by atoms with van der Waals surface area (Å²) >= 11 is 0. The number of ketones is 1. The zero-order valence-electron chi connectivity index (χ0n) is 21.8. The molecule has 6 rings (SSSR count). The highest BCUT2D eigenvalue weighted by Gasteiger charge is 2.41. The van der Waals surface area contributed by atoms with Crippen molar-refractivity contribution in [2.45, 2.75) is 38.3 Å². The number of ether oxygens (including phenoxy) is 1. The molecule has 0 fully saturated rings. The van der Waals surface area contributed by atoms with Crippen LogP contribution in [0.3, 0.4) is 0 Å². The number of hydrogen-bond donors (Lipinski definition) is 1. The molecule has 5 heteroatoms. The lowest BCUT2D eigenvalue weighted by atomic mass is 9.78. The Morgan fingerprint density at radius 1 is 0.846 bits per heavy atom. The second-order valence-electron chi connectivity index (χ2n) is 10.1. The molecule has 0 spiro atoms. The summed E-state index contributed by atoms with van der Waals surface area (Å²) in [6.45, 7) is 2.02. The predicted molar refractivity (Wildman–Crippen MR) is 154 cm³/mol. The molecule has 1 N–H and O–H groups in total. The van der Waals surface area contributed by atoms with E-state index in [2.05, 4.69) is 11.4 Å². The fraction of sp³-hybridized carbons (Fsp3) is 0.176. The van der Waals surface area contributed by atoms with Crippen LogP contribution in [0.4, 0.5) is 11.4 Å². The van der Waals surface area contributed by atoms with E-state index in [1.165, 1.54) is 0 Å². The number of carbonyl (C=O) groups excluding carboxylic acids is 2. The highest BCUT2D eigenvalue weighted by atomic mass is 16.5. The quantitative estimate of drug-likeness (QED) is 0.306. The average Bonchev–Trinajstić information content (AvgIpc) is 3.12. The summed E-state index contributed by atoms with van der Waals surface area (Å²) in [6.07, 6.45) is 0.980. The van der Waals surface area contributed by atoms with Gasteiger partial charge in [0.15, 0.2) is 5.78 Å². The molecule has 0 radical (unpaired) electrons. The van der Waals surface area contributed by atoms with Crippen LogP contribution in [-0.2, 0) is 16.2 Å². The minimum absolute atomic E-state index is 0.0412. The molecule has 0 unspecified atom stereocenters. The summed E-state index contributed by atoms with van der Waals surface area (Å²) in [5.41, 5.74) is 6.13. The molecule has 2 aliphatic rings. The van der Waals surface area contributed by atoms with Crippen molar-refractivity contribution >= 4 is 23.1 Å². The Morgan fingerprint density at radius 3 is 2.28 bits per heavy atom. The fourth-order valence-electron chi connectivity index (χ4n) is 5.79. The predicted octanol–water partition coefficient (Wildman–Crippen LogP) is 7.19. The summed E-state index contributed by atoms with van der Waals surface area (Å²) < 4.78 is 6.27. The smallest absolute Gasteiger partial charge is 0.224 e. The highest BCUT2D eigenvalue weighted by Crippen LogP contribution is 2.48. The second-order valence-corrected chi connectivity index (χ2v) is 10.1. The SMILES string of the molecule is CC(=O)N1c2ccccc2NC2=C(C(=O)C[C@H](c3ccccc3OCc3ccccc3)C2)[C@H]1c1ccccc1. The molecular formula is C34H30N2O3. The van der Waals surface area contributed by atoms with Gasteiger partial charge < -0.3 is 10.1 Å².